The summed E-state index contributed by atoms with van der Waals surface area (Å²) in [5, 5.41) is 29.3. The largest absolute Gasteiger partial charge is 0.464 e. The number of carbonyl (C=O) groups excluding carboxylic acids is 2. The average Bonchev–Trinajstić information content (AvgIpc) is 3.46. The van der Waals surface area contributed by atoms with Gasteiger partial charge in [0.25, 0.3) is 11.8 Å². The molecule has 0 amide bonds. The zero-order valence-electron chi connectivity index (χ0n) is 20.7. The zero-order chi connectivity index (χ0) is 27.6. The van der Waals surface area contributed by atoms with Gasteiger partial charge in [0, 0.05) is 26.6 Å². The van der Waals surface area contributed by atoms with Crippen molar-refractivity contribution in [3.05, 3.63) is 57.3 Å². The summed E-state index contributed by atoms with van der Waals surface area (Å²) in [6.07, 6.45) is -0.107. The molecule has 4 heterocycles. The van der Waals surface area contributed by atoms with E-state index in [-0.39, 0.29) is 42.9 Å². The van der Waals surface area contributed by atoms with Crippen molar-refractivity contribution >= 4 is 23.1 Å². The lowest BCUT2D eigenvalue weighted by atomic mass is 10.1. The van der Waals surface area contributed by atoms with Crippen LogP contribution in [0, 0.1) is 0 Å². The van der Waals surface area contributed by atoms with E-state index in [0.717, 1.165) is 4.57 Å². The highest BCUT2D eigenvalue weighted by Crippen LogP contribution is 2.25. The second-order valence-corrected chi connectivity index (χ2v) is 8.73. The molecule has 0 spiro atoms. The van der Waals surface area contributed by atoms with Gasteiger partial charge in [-0.2, -0.15) is 4.57 Å². The number of aliphatic hydroxyl groups excluding tert-OH is 3. The summed E-state index contributed by atoms with van der Waals surface area (Å²) in [6, 6.07) is 3.04. The van der Waals surface area contributed by atoms with E-state index in [0.29, 0.717) is 0 Å². The SMILES string of the molecule is Cn1c(=O)c2c(ncn2CC(=O)OCCCOC(=O)c2ccc[n+](C3O[C@H](CO)[C@@H](O)[C@H]3O)c2)n(C)c1=O. The fraction of sp³-hybridized carbons (Fsp3) is 0.478. The minimum absolute atomic E-state index is 0.0490. The topological polar surface area (TPSA) is 188 Å². The molecule has 1 aliphatic rings. The number of esters is 2. The monoisotopic (exact) mass is 534 g/mol. The molecule has 15 heteroatoms. The van der Waals surface area contributed by atoms with Gasteiger partial charge in [-0.1, -0.05) is 0 Å². The molecule has 0 saturated carbocycles. The Kier molecular flexibility index (Phi) is 8.01. The number of pyridine rings is 1. The van der Waals surface area contributed by atoms with Crippen LogP contribution in [-0.4, -0.2) is 84.1 Å². The number of aryl methyl sites for hydroxylation is 1. The highest BCUT2D eigenvalue weighted by molar-refractivity contribution is 5.88. The molecule has 0 aliphatic carbocycles. The molecule has 0 aromatic carbocycles. The Bertz CT molecular complexity index is 1460. The first-order valence-corrected chi connectivity index (χ1v) is 11.7. The van der Waals surface area contributed by atoms with Crippen molar-refractivity contribution in [1.82, 2.24) is 18.7 Å². The van der Waals surface area contributed by atoms with Gasteiger partial charge in [-0.05, 0) is 6.07 Å². The number of carbonyl (C=O) groups is 2. The highest BCUT2D eigenvalue weighted by Gasteiger charge is 2.48. The number of ether oxygens (including phenoxy) is 3. The lowest BCUT2D eigenvalue weighted by Crippen LogP contribution is -2.46. The summed E-state index contributed by atoms with van der Waals surface area (Å²) < 4.78 is 20.6. The van der Waals surface area contributed by atoms with Crippen molar-refractivity contribution in [3.8, 4) is 0 Å². The quantitative estimate of drug-likeness (QED) is 0.145. The van der Waals surface area contributed by atoms with E-state index < -0.39 is 54.3 Å². The summed E-state index contributed by atoms with van der Waals surface area (Å²) >= 11 is 0. The van der Waals surface area contributed by atoms with E-state index in [1.54, 1.807) is 0 Å². The van der Waals surface area contributed by atoms with E-state index >= 15 is 0 Å². The number of aliphatic hydroxyl groups is 3. The summed E-state index contributed by atoms with van der Waals surface area (Å²) in [5.41, 5.74) is -0.712. The maximum Gasteiger partial charge on any atom is 0.344 e. The van der Waals surface area contributed by atoms with Gasteiger partial charge in [0.2, 0.25) is 0 Å². The Morgan fingerprint density at radius 1 is 1.13 bits per heavy atom. The summed E-state index contributed by atoms with van der Waals surface area (Å²) in [7, 11) is 2.80. The van der Waals surface area contributed by atoms with Crippen molar-refractivity contribution in [1.29, 1.82) is 0 Å². The fourth-order valence-electron chi connectivity index (χ4n) is 4.09. The van der Waals surface area contributed by atoms with Crippen LogP contribution in [-0.2, 0) is 39.6 Å². The number of aromatic nitrogens is 5. The predicted molar refractivity (Wildman–Crippen MR) is 126 cm³/mol. The van der Waals surface area contributed by atoms with Gasteiger partial charge in [0.1, 0.15) is 24.3 Å². The van der Waals surface area contributed by atoms with Crippen LogP contribution >= 0.6 is 0 Å². The van der Waals surface area contributed by atoms with Crippen LogP contribution < -0.4 is 15.8 Å². The molecule has 1 unspecified atom stereocenters. The Labute approximate surface area is 214 Å². The van der Waals surface area contributed by atoms with Crippen LogP contribution in [0.2, 0.25) is 0 Å². The number of fused-ring (bicyclic) bond motifs is 1. The first kappa shape index (κ1) is 27.1. The normalized spacial score (nSPS) is 21.1. The highest BCUT2D eigenvalue weighted by atomic mass is 16.6. The molecule has 0 radical (unpaired) electrons. The van der Waals surface area contributed by atoms with Crippen molar-refractivity contribution in [3.63, 3.8) is 0 Å². The second-order valence-electron chi connectivity index (χ2n) is 8.73. The molecule has 1 saturated heterocycles. The molecule has 4 atom stereocenters. The fourth-order valence-corrected chi connectivity index (χ4v) is 4.09. The van der Waals surface area contributed by atoms with Crippen molar-refractivity contribution in [2.75, 3.05) is 19.8 Å². The second kappa shape index (κ2) is 11.2. The van der Waals surface area contributed by atoms with E-state index in [2.05, 4.69) is 4.98 Å². The van der Waals surface area contributed by atoms with Crippen LogP contribution in [0.3, 0.4) is 0 Å². The number of hydrogen-bond acceptors (Lipinski definition) is 11. The molecule has 38 heavy (non-hydrogen) atoms. The van der Waals surface area contributed by atoms with Crippen LogP contribution in [0.25, 0.3) is 11.2 Å². The van der Waals surface area contributed by atoms with E-state index in [1.807, 2.05) is 0 Å². The molecule has 15 nitrogen and oxygen atoms in total. The standard InChI is InChI=1S/C23H28N5O10/c1-25-19-16(20(33)26(2)23(25)35)28(12-24-19)10-15(30)36-7-4-8-37-22(34)13-5-3-6-27(9-13)21-18(32)17(31)14(11-29)38-21/h3,5-6,9,12,14,17-18,21,29,31-32H,4,7-8,10-11H2,1-2H3/q+1/t14-,17-,18-,21?/m1/s1. The average molecular weight is 535 g/mol. The Morgan fingerprint density at radius 2 is 1.87 bits per heavy atom. The van der Waals surface area contributed by atoms with Crippen molar-refractivity contribution in [2.24, 2.45) is 14.1 Å². The summed E-state index contributed by atoms with van der Waals surface area (Å²) in [5.74, 6) is -1.31. The molecule has 204 valence electrons. The molecule has 1 aliphatic heterocycles. The van der Waals surface area contributed by atoms with E-state index in [9.17, 15) is 34.5 Å². The third kappa shape index (κ3) is 5.22. The Hall–Kier alpha value is -3.92. The van der Waals surface area contributed by atoms with Gasteiger partial charge < -0.3 is 34.1 Å². The van der Waals surface area contributed by atoms with Gasteiger partial charge in [-0.3, -0.25) is 18.7 Å². The van der Waals surface area contributed by atoms with E-state index in [1.165, 1.54) is 58.7 Å². The number of hydrogen-bond donors (Lipinski definition) is 3. The molecule has 3 aromatic heterocycles. The van der Waals surface area contributed by atoms with Gasteiger partial charge in [-0.15, -0.1) is 0 Å². The maximum absolute atomic E-state index is 12.4. The summed E-state index contributed by atoms with van der Waals surface area (Å²) in [6.45, 7) is -0.868. The van der Waals surface area contributed by atoms with Crippen LogP contribution in [0.15, 0.2) is 40.4 Å². The molecule has 3 N–H and O–H groups in total. The van der Waals surface area contributed by atoms with E-state index in [4.69, 9.17) is 14.2 Å². The first-order chi connectivity index (χ1) is 18.1. The van der Waals surface area contributed by atoms with Crippen LogP contribution in [0.4, 0.5) is 0 Å². The number of rotatable bonds is 9. The summed E-state index contributed by atoms with van der Waals surface area (Å²) in [4.78, 5) is 53.2. The maximum atomic E-state index is 12.4. The smallest absolute Gasteiger partial charge is 0.344 e. The number of imidazole rings is 1. The Morgan fingerprint density at radius 3 is 2.58 bits per heavy atom. The van der Waals surface area contributed by atoms with Crippen molar-refractivity contribution < 1.29 is 43.7 Å². The molecule has 3 aromatic rings. The minimum Gasteiger partial charge on any atom is -0.464 e. The third-order valence-electron chi connectivity index (χ3n) is 6.17. The van der Waals surface area contributed by atoms with Crippen LogP contribution in [0.5, 0.6) is 0 Å². The van der Waals surface area contributed by atoms with Gasteiger partial charge in [-0.25, -0.2) is 14.6 Å². The minimum atomic E-state index is -1.30. The third-order valence-corrected chi connectivity index (χ3v) is 6.17. The van der Waals surface area contributed by atoms with Gasteiger partial charge in [0.15, 0.2) is 29.7 Å². The van der Waals surface area contributed by atoms with Gasteiger partial charge >= 0.3 is 17.6 Å². The predicted octanol–water partition coefficient (Wildman–Crippen LogP) is -2.88. The molecular weight excluding hydrogens is 506 g/mol. The molecule has 1 fully saturated rings. The van der Waals surface area contributed by atoms with Gasteiger partial charge in [0.05, 0.1) is 26.1 Å². The van der Waals surface area contributed by atoms with Crippen molar-refractivity contribution in [2.45, 2.75) is 37.5 Å². The number of nitrogens with zero attached hydrogens (tertiary/aromatic N) is 5. The lowest BCUT2D eigenvalue weighted by Gasteiger charge is -2.10. The lowest BCUT2D eigenvalue weighted by molar-refractivity contribution is -0.765. The zero-order valence-corrected chi connectivity index (χ0v) is 20.7. The molecule has 0 bridgehead atoms. The molecular formula is C23H28N5O10+. The first-order valence-electron chi connectivity index (χ1n) is 11.7. The Balaban J connectivity index is 1.26. The van der Waals surface area contributed by atoms with Crippen LogP contribution in [0.1, 0.15) is 23.0 Å². The molecule has 4 rings (SSSR count).